The van der Waals surface area contributed by atoms with Crippen LogP contribution in [0.3, 0.4) is 0 Å². The number of ether oxygens (including phenoxy) is 1. The summed E-state index contributed by atoms with van der Waals surface area (Å²) in [6.07, 6.45) is 1.66. The third kappa shape index (κ3) is 4.40. The lowest BCUT2D eigenvalue weighted by atomic mass is 10.0. The molecule has 1 aliphatic rings. The van der Waals surface area contributed by atoms with E-state index in [1.807, 2.05) is 25.6 Å². The summed E-state index contributed by atoms with van der Waals surface area (Å²) in [5.41, 5.74) is 0.558. The van der Waals surface area contributed by atoms with Gasteiger partial charge in [0.15, 0.2) is 0 Å². The van der Waals surface area contributed by atoms with Gasteiger partial charge in [-0.25, -0.2) is 4.79 Å². The fourth-order valence-corrected chi connectivity index (χ4v) is 3.42. The highest BCUT2D eigenvalue weighted by atomic mass is 32.2. The maximum Gasteiger partial charge on any atom is 0.335 e. The first-order valence-corrected chi connectivity index (χ1v) is 8.55. The average Bonchev–Trinajstić information content (AvgIpc) is 2.49. The molecule has 1 fully saturated rings. The van der Waals surface area contributed by atoms with Crippen molar-refractivity contribution >= 4 is 29.3 Å². The molecule has 0 saturated carbocycles. The van der Waals surface area contributed by atoms with Crippen molar-refractivity contribution < 1.29 is 19.4 Å². The van der Waals surface area contributed by atoms with Gasteiger partial charge in [0.05, 0.1) is 17.4 Å². The first-order valence-electron chi connectivity index (χ1n) is 7.40. The Balaban J connectivity index is 2.19. The van der Waals surface area contributed by atoms with Gasteiger partial charge in [-0.1, -0.05) is 0 Å². The van der Waals surface area contributed by atoms with E-state index >= 15 is 0 Å². The number of aromatic carboxylic acids is 1. The summed E-state index contributed by atoms with van der Waals surface area (Å²) in [6, 6.07) is 4.53. The lowest BCUT2D eigenvalue weighted by molar-refractivity contribution is -0.120. The van der Waals surface area contributed by atoms with E-state index in [0.29, 0.717) is 11.4 Å². The van der Waals surface area contributed by atoms with Gasteiger partial charge in [0, 0.05) is 5.92 Å². The molecule has 0 unspecified atom stereocenters. The predicted octanol–water partition coefficient (Wildman–Crippen LogP) is 3.25. The van der Waals surface area contributed by atoms with Crippen LogP contribution in [0.25, 0.3) is 0 Å². The number of anilines is 1. The second kappa shape index (κ2) is 7.54. The summed E-state index contributed by atoms with van der Waals surface area (Å²) in [7, 11) is 0. The molecule has 0 atom stereocenters. The maximum atomic E-state index is 12.4. The van der Waals surface area contributed by atoms with Gasteiger partial charge in [-0.2, -0.15) is 11.8 Å². The molecule has 1 amide bonds. The topological polar surface area (TPSA) is 75.6 Å². The van der Waals surface area contributed by atoms with Crippen LogP contribution in [-0.2, 0) is 4.79 Å². The van der Waals surface area contributed by atoms with Gasteiger partial charge >= 0.3 is 5.97 Å². The molecule has 2 N–H and O–H groups in total. The highest BCUT2D eigenvalue weighted by Crippen LogP contribution is 2.29. The zero-order chi connectivity index (χ0) is 16.1. The van der Waals surface area contributed by atoms with Crippen molar-refractivity contribution in [3.63, 3.8) is 0 Å². The van der Waals surface area contributed by atoms with Gasteiger partial charge in [-0.05, 0) is 56.4 Å². The fourth-order valence-electron chi connectivity index (χ4n) is 2.31. The lowest BCUT2D eigenvalue weighted by Gasteiger charge is -2.22. The zero-order valence-corrected chi connectivity index (χ0v) is 13.6. The molecule has 1 aromatic rings. The summed E-state index contributed by atoms with van der Waals surface area (Å²) < 4.78 is 5.66. The van der Waals surface area contributed by atoms with Crippen molar-refractivity contribution in [2.24, 2.45) is 5.92 Å². The van der Waals surface area contributed by atoms with E-state index in [4.69, 9.17) is 9.84 Å². The van der Waals surface area contributed by atoms with E-state index in [2.05, 4.69) is 5.32 Å². The number of benzene rings is 1. The molecule has 120 valence electrons. The number of carboxylic acids is 1. The largest absolute Gasteiger partial charge is 0.489 e. The van der Waals surface area contributed by atoms with Crippen LogP contribution in [0, 0.1) is 5.92 Å². The van der Waals surface area contributed by atoms with Gasteiger partial charge in [-0.15, -0.1) is 0 Å². The highest BCUT2D eigenvalue weighted by molar-refractivity contribution is 7.99. The van der Waals surface area contributed by atoms with Gasteiger partial charge in [0.25, 0.3) is 0 Å². The third-order valence-corrected chi connectivity index (χ3v) is 4.49. The molecule has 22 heavy (non-hydrogen) atoms. The quantitative estimate of drug-likeness (QED) is 0.870. The van der Waals surface area contributed by atoms with Gasteiger partial charge in [-0.3, -0.25) is 4.79 Å². The molecule has 1 aromatic carbocycles. The number of carboxylic acid groups (broad SMARTS) is 1. The summed E-state index contributed by atoms with van der Waals surface area (Å²) in [6.45, 7) is 3.77. The third-order valence-electron chi connectivity index (χ3n) is 3.44. The van der Waals surface area contributed by atoms with Crippen molar-refractivity contribution in [1.82, 2.24) is 0 Å². The Bertz CT molecular complexity index is 553. The van der Waals surface area contributed by atoms with Crippen LogP contribution in [0.1, 0.15) is 37.0 Å². The molecular weight excluding hydrogens is 302 g/mol. The number of hydrogen-bond acceptors (Lipinski definition) is 4. The van der Waals surface area contributed by atoms with Gasteiger partial charge in [0.2, 0.25) is 5.91 Å². The minimum atomic E-state index is -1.03. The van der Waals surface area contributed by atoms with Crippen LogP contribution in [-0.4, -0.2) is 34.6 Å². The first kappa shape index (κ1) is 16.7. The summed E-state index contributed by atoms with van der Waals surface area (Å²) >= 11 is 1.86. The second-order valence-electron chi connectivity index (χ2n) is 5.56. The normalized spacial score (nSPS) is 15.6. The van der Waals surface area contributed by atoms with Crippen molar-refractivity contribution in [1.29, 1.82) is 0 Å². The molecular formula is C16H21NO4S. The Hall–Kier alpha value is -1.69. The molecule has 0 radical (unpaired) electrons. The van der Waals surface area contributed by atoms with E-state index in [1.165, 1.54) is 12.1 Å². The van der Waals surface area contributed by atoms with E-state index < -0.39 is 5.97 Å². The Morgan fingerprint density at radius 1 is 1.32 bits per heavy atom. The van der Waals surface area contributed by atoms with Crippen LogP contribution in [0.5, 0.6) is 5.75 Å². The molecule has 5 nitrogen and oxygen atoms in total. The number of carbonyl (C=O) groups excluding carboxylic acids is 1. The number of amides is 1. The minimum absolute atomic E-state index is 0.0124. The maximum absolute atomic E-state index is 12.4. The van der Waals surface area contributed by atoms with Gasteiger partial charge < -0.3 is 15.2 Å². The van der Waals surface area contributed by atoms with Crippen molar-refractivity contribution in [2.75, 3.05) is 16.8 Å². The number of hydrogen-bond donors (Lipinski definition) is 2. The second-order valence-corrected chi connectivity index (χ2v) is 6.78. The first-order chi connectivity index (χ1) is 10.5. The molecule has 0 aromatic heterocycles. The number of nitrogens with one attached hydrogen (secondary N) is 1. The van der Waals surface area contributed by atoms with E-state index in [0.717, 1.165) is 24.3 Å². The Morgan fingerprint density at radius 2 is 2.00 bits per heavy atom. The zero-order valence-electron chi connectivity index (χ0n) is 12.8. The van der Waals surface area contributed by atoms with E-state index in [-0.39, 0.29) is 23.5 Å². The van der Waals surface area contributed by atoms with E-state index in [1.54, 1.807) is 6.07 Å². The monoisotopic (exact) mass is 323 g/mol. The van der Waals surface area contributed by atoms with Gasteiger partial charge in [0.1, 0.15) is 5.75 Å². The molecule has 0 bridgehead atoms. The Morgan fingerprint density at radius 3 is 2.59 bits per heavy atom. The molecule has 2 rings (SSSR count). The average molecular weight is 323 g/mol. The number of thioether (sulfide) groups is 1. The number of rotatable bonds is 5. The molecule has 0 spiro atoms. The Kier molecular flexibility index (Phi) is 5.71. The molecule has 0 aliphatic carbocycles. The van der Waals surface area contributed by atoms with Crippen molar-refractivity contribution in [3.05, 3.63) is 23.8 Å². The van der Waals surface area contributed by atoms with Crippen LogP contribution in [0.4, 0.5) is 5.69 Å². The predicted molar refractivity (Wildman–Crippen MR) is 87.8 cm³/mol. The summed E-state index contributed by atoms with van der Waals surface area (Å²) in [5.74, 6) is 1.38. The van der Waals surface area contributed by atoms with Crippen LogP contribution < -0.4 is 10.1 Å². The van der Waals surface area contributed by atoms with E-state index in [9.17, 15) is 9.59 Å². The SMILES string of the molecule is CC(C)Oc1ccc(C(=O)O)cc1NC(=O)C1CCSCC1. The smallest absolute Gasteiger partial charge is 0.335 e. The number of carbonyl (C=O) groups is 2. The van der Waals surface area contributed by atoms with Crippen LogP contribution >= 0.6 is 11.8 Å². The molecule has 1 aliphatic heterocycles. The Labute approximate surface area is 134 Å². The standard InChI is InChI=1S/C16H21NO4S/c1-10(2)21-14-4-3-12(16(19)20)9-13(14)17-15(18)11-5-7-22-8-6-11/h3-4,9-11H,5-8H2,1-2H3,(H,17,18)(H,19,20). The van der Waals surface area contributed by atoms with Crippen LogP contribution in [0.15, 0.2) is 18.2 Å². The summed E-state index contributed by atoms with van der Waals surface area (Å²) in [5, 5.41) is 12.0. The van der Waals surface area contributed by atoms with Crippen molar-refractivity contribution in [2.45, 2.75) is 32.8 Å². The van der Waals surface area contributed by atoms with Crippen molar-refractivity contribution in [3.8, 4) is 5.75 Å². The highest BCUT2D eigenvalue weighted by Gasteiger charge is 2.23. The molecule has 6 heteroatoms. The van der Waals surface area contributed by atoms with Crippen LogP contribution in [0.2, 0.25) is 0 Å². The fraction of sp³-hybridized carbons (Fsp3) is 0.500. The lowest BCUT2D eigenvalue weighted by Crippen LogP contribution is -2.26. The molecule has 1 heterocycles. The minimum Gasteiger partial charge on any atom is -0.489 e. The molecule has 1 saturated heterocycles. The summed E-state index contributed by atoms with van der Waals surface area (Å²) in [4.78, 5) is 23.5.